The molecular formula is C13H8ClN5O. The van der Waals surface area contributed by atoms with E-state index in [9.17, 15) is 4.79 Å². The highest BCUT2D eigenvalue weighted by Gasteiger charge is 2.13. The Labute approximate surface area is 118 Å². The number of carbonyl (C=O) groups excluding carboxylic acids is 1. The molecule has 0 saturated heterocycles. The number of nitrogens with zero attached hydrogens (tertiary/aromatic N) is 4. The first-order chi connectivity index (χ1) is 9.75. The maximum atomic E-state index is 12.2. The van der Waals surface area contributed by atoms with E-state index in [4.69, 9.17) is 11.6 Å². The highest BCUT2D eigenvalue weighted by atomic mass is 35.5. The Morgan fingerprint density at radius 2 is 1.90 bits per heavy atom. The molecule has 1 amide bonds. The molecule has 0 bridgehead atoms. The molecule has 0 aliphatic rings. The Kier molecular flexibility index (Phi) is 3.22. The number of pyridine rings is 1. The lowest BCUT2D eigenvalue weighted by Gasteiger charge is -2.07. The number of aromatic nitrogens is 4. The van der Waals surface area contributed by atoms with Crippen molar-refractivity contribution in [1.82, 2.24) is 20.2 Å². The third-order valence-corrected chi connectivity index (χ3v) is 3.00. The Morgan fingerprint density at radius 3 is 2.65 bits per heavy atom. The first kappa shape index (κ1) is 12.4. The Bertz CT molecular complexity index is 778. The van der Waals surface area contributed by atoms with Gasteiger partial charge in [-0.3, -0.25) is 10.1 Å². The molecule has 0 radical (unpaired) electrons. The molecule has 1 N–H and O–H groups in total. The summed E-state index contributed by atoms with van der Waals surface area (Å²) in [7, 11) is 0. The van der Waals surface area contributed by atoms with Crippen LogP contribution in [0.4, 0.5) is 5.95 Å². The van der Waals surface area contributed by atoms with E-state index in [1.54, 1.807) is 0 Å². The van der Waals surface area contributed by atoms with Gasteiger partial charge in [0.15, 0.2) is 0 Å². The van der Waals surface area contributed by atoms with E-state index in [2.05, 4.69) is 25.5 Å². The molecule has 3 rings (SSSR count). The van der Waals surface area contributed by atoms with Crippen molar-refractivity contribution in [3.8, 4) is 0 Å². The minimum absolute atomic E-state index is 0.136. The predicted molar refractivity (Wildman–Crippen MR) is 74.5 cm³/mol. The van der Waals surface area contributed by atoms with Crippen LogP contribution in [0.5, 0.6) is 0 Å². The summed E-state index contributed by atoms with van der Waals surface area (Å²) in [6.45, 7) is 0. The fraction of sp³-hybridized carbons (Fsp3) is 0. The number of fused-ring (bicyclic) bond motifs is 1. The van der Waals surface area contributed by atoms with Crippen molar-refractivity contribution in [2.24, 2.45) is 0 Å². The van der Waals surface area contributed by atoms with Gasteiger partial charge in [-0.25, -0.2) is 9.97 Å². The SMILES string of the molecule is O=C(Nc1nccnn1)c1cnc(Cl)c2ccccc12. The van der Waals surface area contributed by atoms with Crippen LogP contribution in [0.15, 0.2) is 42.9 Å². The number of rotatable bonds is 2. The smallest absolute Gasteiger partial charge is 0.260 e. The fourth-order valence-electron chi connectivity index (χ4n) is 1.81. The number of halogens is 1. The zero-order valence-electron chi connectivity index (χ0n) is 10.1. The van der Waals surface area contributed by atoms with Gasteiger partial charge in [-0.15, -0.1) is 5.10 Å². The minimum Gasteiger partial charge on any atom is -0.289 e. The number of hydrogen-bond donors (Lipinski definition) is 1. The van der Waals surface area contributed by atoms with Crippen LogP contribution in [-0.2, 0) is 0 Å². The summed E-state index contributed by atoms with van der Waals surface area (Å²) < 4.78 is 0. The zero-order valence-corrected chi connectivity index (χ0v) is 10.9. The van der Waals surface area contributed by atoms with Crippen LogP contribution in [0.1, 0.15) is 10.4 Å². The monoisotopic (exact) mass is 285 g/mol. The van der Waals surface area contributed by atoms with Crippen LogP contribution >= 0.6 is 11.6 Å². The molecule has 0 fully saturated rings. The van der Waals surface area contributed by atoms with E-state index in [1.165, 1.54) is 18.6 Å². The number of carbonyl (C=O) groups is 1. The van der Waals surface area contributed by atoms with E-state index in [-0.39, 0.29) is 11.9 Å². The molecule has 3 aromatic rings. The molecule has 0 atom stereocenters. The number of anilines is 1. The van der Waals surface area contributed by atoms with Crippen LogP contribution in [0.25, 0.3) is 10.8 Å². The molecular weight excluding hydrogens is 278 g/mol. The molecule has 0 spiro atoms. The largest absolute Gasteiger partial charge is 0.289 e. The molecule has 0 aliphatic carbocycles. The van der Waals surface area contributed by atoms with Crippen LogP contribution in [0.2, 0.25) is 5.15 Å². The van der Waals surface area contributed by atoms with Crippen molar-refractivity contribution < 1.29 is 4.79 Å². The summed E-state index contributed by atoms with van der Waals surface area (Å²) in [4.78, 5) is 20.1. The van der Waals surface area contributed by atoms with Crippen LogP contribution in [-0.4, -0.2) is 26.1 Å². The molecule has 1 aromatic carbocycles. The molecule has 0 unspecified atom stereocenters. The Morgan fingerprint density at radius 1 is 1.10 bits per heavy atom. The maximum Gasteiger partial charge on any atom is 0.260 e. The highest BCUT2D eigenvalue weighted by Crippen LogP contribution is 2.24. The number of amides is 1. The lowest BCUT2D eigenvalue weighted by atomic mass is 10.1. The van der Waals surface area contributed by atoms with Gasteiger partial charge in [-0.05, 0) is 5.39 Å². The second-order valence-electron chi connectivity index (χ2n) is 3.93. The fourth-order valence-corrected chi connectivity index (χ4v) is 2.03. The lowest BCUT2D eigenvalue weighted by Crippen LogP contribution is -2.15. The van der Waals surface area contributed by atoms with Gasteiger partial charge in [-0.1, -0.05) is 35.9 Å². The van der Waals surface area contributed by atoms with Gasteiger partial charge >= 0.3 is 0 Å². The van der Waals surface area contributed by atoms with Crippen LogP contribution in [0.3, 0.4) is 0 Å². The van der Waals surface area contributed by atoms with Gasteiger partial charge < -0.3 is 0 Å². The first-order valence-electron chi connectivity index (χ1n) is 5.74. The molecule has 6 nitrogen and oxygen atoms in total. The Balaban J connectivity index is 2.02. The summed E-state index contributed by atoms with van der Waals surface area (Å²) in [6, 6.07) is 7.28. The van der Waals surface area contributed by atoms with Crippen molar-refractivity contribution in [1.29, 1.82) is 0 Å². The quantitative estimate of drug-likeness (QED) is 0.731. The Hall–Kier alpha value is -2.60. The van der Waals surface area contributed by atoms with Gasteiger partial charge in [0, 0.05) is 11.6 Å². The van der Waals surface area contributed by atoms with Gasteiger partial charge in [-0.2, -0.15) is 5.10 Å². The van der Waals surface area contributed by atoms with Gasteiger partial charge in [0.05, 0.1) is 18.0 Å². The topological polar surface area (TPSA) is 80.7 Å². The molecule has 0 aliphatic heterocycles. The summed E-state index contributed by atoms with van der Waals surface area (Å²) >= 11 is 6.02. The van der Waals surface area contributed by atoms with Gasteiger partial charge in [0.2, 0.25) is 5.95 Å². The molecule has 0 saturated carbocycles. The van der Waals surface area contributed by atoms with Crippen molar-refractivity contribution in [2.45, 2.75) is 0 Å². The van der Waals surface area contributed by atoms with E-state index in [0.29, 0.717) is 21.5 Å². The number of benzene rings is 1. The van der Waals surface area contributed by atoms with Gasteiger partial charge in [0.25, 0.3) is 5.91 Å². The summed E-state index contributed by atoms with van der Waals surface area (Å²) in [5, 5.41) is 11.7. The molecule has 2 heterocycles. The standard InChI is InChI=1S/C13H8ClN5O/c14-11-9-4-2-1-3-8(9)10(7-16-11)12(20)18-13-15-5-6-17-19-13/h1-7H,(H,15,18,19,20). The third-order valence-electron chi connectivity index (χ3n) is 2.70. The maximum absolute atomic E-state index is 12.2. The zero-order chi connectivity index (χ0) is 13.9. The number of nitrogens with one attached hydrogen (secondary N) is 1. The summed E-state index contributed by atoms with van der Waals surface area (Å²) in [5.74, 6) is -0.227. The second kappa shape index (κ2) is 5.18. The van der Waals surface area contributed by atoms with E-state index < -0.39 is 0 Å². The van der Waals surface area contributed by atoms with Crippen molar-refractivity contribution >= 4 is 34.2 Å². The number of hydrogen-bond acceptors (Lipinski definition) is 5. The van der Waals surface area contributed by atoms with Crippen molar-refractivity contribution in [2.75, 3.05) is 5.32 Å². The van der Waals surface area contributed by atoms with Crippen LogP contribution in [0, 0.1) is 0 Å². The molecule has 98 valence electrons. The lowest BCUT2D eigenvalue weighted by molar-refractivity contribution is 0.102. The van der Waals surface area contributed by atoms with Crippen molar-refractivity contribution in [3.05, 3.63) is 53.6 Å². The molecule has 2 aromatic heterocycles. The van der Waals surface area contributed by atoms with E-state index >= 15 is 0 Å². The van der Waals surface area contributed by atoms with Gasteiger partial charge in [0.1, 0.15) is 5.15 Å². The first-order valence-corrected chi connectivity index (χ1v) is 6.12. The normalized spacial score (nSPS) is 10.4. The summed E-state index contributed by atoms with van der Waals surface area (Å²) in [5.41, 5.74) is 0.400. The summed E-state index contributed by atoms with van der Waals surface area (Å²) in [6.07, 6.45) is 4.30. The molecule has 7 heteroatoms. The van der Waals surface area contributed by atoms with Crippen molar-refractivity contribution in [3.63, 3.8) is 0 Å². The molecule has 20 heavy (non-hydrogen) atoms. The van der Waals surface area contributed by atoms with Crippen LogP contribution < -0.4 is 5.32 Å². The highest BCUT2D eigenvalue weighted by molar-refractivity contribution is 6.35. The minimum atomic E-state index is -0.363. The average Bonchev–Trinajstić information content (AvgIpc) is 2.49. The predicted octanol–water partition coefficient (Wildman–Crippen LogP) is 2.33. The third kappa shape index (κ3) is 2.28. The second-order valence-corrected chi connectivity index (χ2v) is 4.29. The average molecular weight is 286 g/mol. The van der Waals surface area contributed by atoms with E-state index in [0.717, 1.165) is 0 Å². The van der Waals surface area contributed by atoms with E-state index in [1.807, 2.05) is 24.3 Å².